The highest BCUT2D eigenvalue weighted by Gasteiger charge is 2.15. The molecule has 0 atom stereocenters. The Labute approximate surface area is 152 Å². The number of aromatic hydroxyl groups is 1. The first-order valence-electron chi connectivity index (χ1n) is 7.63. The summed E-state index contributed by atoms with van der Waals surface area (Å²) in [6.07, 6.45) is -0.878. The first kappa shape index (κ1) is 19.6. The van der Waals surface area contributed by atoms with E-state index in [1.54, 1.807) is 6.92 Å². The van der Waals surface area contributed by atoms with Crippen LogP contribution in [0.2, 0.25) is 0 Å². The SMILES string of the molecule is CCOC(=O)NNC(=O)c1ccc(NC(=O)c2cc(F)cc(F)c2)cc1O. The summed E-state index contributed by atoms with van der Waals surface area (Å²) in [6.45, 7) is 1.69. The molecule has 8 nitrogen and oxygen atoms in total. The Kier molecular flexibility index (Phi) is 6.26. The lowest BCUT2D eigenvalue weighted by atomic mass is 10.1. The number of nitrogens with one attached hydrogen (secondary N) is 3. The third kappa shape index (κ3) is 5.39. The van der Waals surface area contributed by atoms with Gasteiger partial charge < -0.3 is 15.2 Å². The lowest BCUT2D eigenvalue weighted by Gasteiger charge is -2.10. The maximum atomic E-state index is 13.2. The highest BCUT2D eigenvalue weighted by Crippen LogP contribution is 2.22. The molecule has 0 saturated carbocycles. The maximum Gasteiger partial charge on any atom is 0.426 e. The van der Waals surface area contributed by atoms with Crippen LogP contribution in [0.4, 0.5) is 19.3 Å². The average molecular weight is 379 g/mol. The highest BCUT2D eigenvalue weighted by atomic mass is 19.1. The van der Waals surface area contributed by atoms with Gasteiger partial charge in [-0.25, -0.2) is 19.0 Å². The van der Waals surface area contributed by atoms with E-state index in [-0.39, 0.29) is 23.4 Å². The number of carbonyl (C=O) groups excluding carboxylic acids is 3. The van der Waals surface area contributed by atoms with Gasteiger partial charge in [0.05, 0.1) is 12.2 Å². The second-order valence-corrected chi connectivity index (χ2v) is 5.14. The van der Waals surface area contributed by atoms with Gasteiger partial charge in [0.25, 0.3) is 11.8 Å². The number of benzene rings is 2. The molecule has 4 N–H and O–H groups in total. The minimum atomic E-state index is -0.913. The molecule has 0 aromatic heterocycles. The van der Waals surface area contributed by atoms with Gasteiger partial charge in [-0.1, -0.05) is 0 Å². The number of anilines is 1. The van der Waals surface area contributed by atoms with E-state index in [9.17, 15) is 28.3 Å². The predicted molar refractivity (Wildman–Crippen MR) is 90.0 cm³/mol. The van der Waals surface area contributed by atoms with Crippen molar-refractivity contribution in [1.29, 1.82) is 0 Å². The van der Waals surface area contributed by atoms with Crippen molar-refractivity contribution in [1.82, 2.24) is 10.9 Å². The van der Waals surface area contributed by atoms with Crippen molar-refractivity contribution in [3.8, 4) is 5.75 Å². The van der Waals surface area contributed by atoms with E-state index in [0.717, 1.165) is 18.2 Å². The first-order chi connectivity index (χ1) is 12.8. The number of rotatable bonds is 4. The smallest absolute Gasteiger partial charge is 0.426 e. The van der Waals surface area contributed by atoms with Gasteiger partial charge in [-0.15, -0.1) is 0 Å². The summed E-state index contributed by atoms with van der Waals surface area (Å²) in [5, 5.41) is 12.3. The van der Waals surface area contributed by atoms with E-state index in [0.29, 0.717) is 6.07 Å². The normalized spacial score (nSPS) is 10.0. The molecule has 0 bridgehead atoms. The Balaban J connectivity index is 2.06. The van der Waals surface area contributed by atoms with E-state index in [1.165, 1.54) is 12.1 Å². The average Bonchev–Trinajstić information content (AvgIpc) is 2.59. The van der Waals surface area contributed by atoms with E-state index in [4.69, 9.17) is 0 Å². The Morgan fingerprint density at radius 1 is 1.00 bits per heavy atom. The number of hydrogen-bond acceptors (Lipinski definition) is 5. The molecule has 0 unspecified atom stereocenters. The Bertz CT molecular complexity index is 869. The minimum absolute atomic E-state index is 0.0806. The molecule has 0 saturated heterocycles. The van der Waals surface area contributed by atoms with Crippen LogP contribution in [0.1, 0.15) is 27.6 Å². The van der Waals surface area contributed by atoms with Crippen LogP contribution in [-0.4, -0.2) is 29.6 Å². The summed E-state index contributed by atoms with van der Waals surface area (Å²) in [5.74, 6) is -3.96. The molecule has 27 heavy (non-hydrogen) atoms. The van der Waals surface area contributed by atoms with Crippen LogP contribution < -0.4 is 16.2 Å². The lowest BCUT2D eigenvalue weighted by Crippen LogP contribution is -2.41. The molecular formula is C17H15F2N3O5. The fourth-order valence-corrected chi connectivity index (χ4v) is 2.03. The number of amides is 3. The fraction of sp³-hybridized carbons (Fsp3) is 0.118. The van der Waals surface area contributed by atoms with Gasteiger partial charge in [0.1, 0.15) is 17.4 Å². The van der Waals surface area contributed by atoms with Crippen LogP contribution in [0.15, 0.2) is 36.4 Å². The van der Waals surface area contributed by atoms with Gasteiger partial charge in [-0.2, -0.15) is 0 Å². The summed E-state index contributed by atoms with van der Waals surface area (Å²) in [4.78, 5) is 35.0. The summed E-state index contributed by atoms with van der Waals surface area (Å²) >= 11 is 0. The van der Waals surface area contributed by atoms with Gasteiger partial charge in [0.2, 0.25) is 0 Å². The van der Waals surface area contributed by atoms with Crippen LogP contribution >= 0.6 is 0 Å². The van der Waals surface area contributed by atoms with Crippen LogP contribution in [0.25, 0.3) is 0 Å². The standard InChI is InChI=1S/C17H15F2N3O5/c1-2-27-17(26)22-21-16(25)13-4-3-12(8-14(13)23)20-15(24)9-5-10(18)7-11(19)6-9/h3-8,23H,2H2,1H3,(H,20,24)(H,21,25)(H,22,26). The summed E-state index contributed by atoms with van der Waals surface area (Å²) < 4.78 is 30.9. The minimum Gasteiger partial charge on any atom is -0.507 e. The van der Waals surface area contributed by atoms with Crippen molar-refractivity contribution >= 4 is 23.6 Å². The molecule has 0 aliphatic heterocycles. The van der Waals surface area contributed by atoms with Gasteiger partial charge in [0.15, 0.2) is 0 Å². The molecule has 3 amide bonds. The molecule has 0 spiro atoms. The third-order valence-electron chi connectivity index (χ3n) is 3.18. The summed E-state index contributed by atoms with van der Waals surface area (Å²) in [7, 11) is 0. The maximum absolute atomic E-state index is 13.2. The van der Waals surface area contributed by atoms with Crippen molar-refractivity contribution < 1.29 is 33.0 Å². The quantitative estimate of drug-likeness (QED) is 0.609. The van der Waals surface area contributed by atoms with Crippen LogP contribution in [0, 0.1) is 11.6 Å². The zero-order chi connectivity index (χ0) is 20.0. The lowest BCUT2D eigenvalue weighted by molar-refractivity contribution is 0.0910. The summed E-state index contributed by atoms with van der Waals surface area (Å²) in [6, 6.07) is 5.85. The van der Waals surface area contributed by atoms with E-state index < -0.39 is 35.3 Å². The van der Waals surface area contributed by atoms with Crippen molar-refractivity contribution in [3.63, 3.8) is 0 Å². The molecule has 142 valence electrons. The van der Waals surface area contributed by atoms with Crippen LogP contribution in [0.5, 0.6) is 5.75 Å². The van der Waals surface area contributed by atoms with Gasteiger partial charge >= 0.3 is 6.09 Å². The predicted octanol–water partition coefficient (Wildman–Crippen LogP) is 2.31. The monoisotopic (exact) mass is 379 g/mol. The van der Waals surface area contributed by atoms with E-state index in [2.05, 4.69) is 10.1 Å². The number of hydrazine groups is 1. The molecule has 0 aliphatic rings. The van der Waals surface area contributed by atoms with Crippen molar-refractivity contribution in [2.75, 3.05) is 11.9 Å². The first-order valence-corrected chi connectivity index (χ1v) is 7.63. The number of phenolic OH excluding ortho intramolecular Hbond substituents is 1. The molecular weight excluding hydrogens is 364 g/mol. The van der Waals surface area contributed by atoms with Gasteiger partial charge in [-0.3, -0.25) is 15.0 Å². The molecule has 2 aromatic rings. The fourth-order valence-electron chi connectivity index (χ4n) is 2.03. The largest absolute Gasteiger partial charge is 0.507 e. The molecule has 10 heteroatoms. The number of hydrogen-bond donors (Lipinski definition) is 4. The van der Waals surface area contributed by atoms with Crippen molar-refractivity contribution in [2.45, 2.75) is 6.92 Å². The number of ether oxygens (including phenoxy) is 1. The molecule has 2 rings (SSSR count). The zero-order valence-corrected chi connectivity index (χ0v) is 14.0. The summed E-state index contributed by atoms with van der Waals surface area (Å²) in [5.41, 5.74) is 3.63. The molecule has 0 radical (unpaired) electrons. The third-order valence-corrected chi connectivity index (χ3v) is 3.18. The Morgan fingerprint density at radius 2 is 1.67 bits per heavy atom. The second kappa shape index (κ2) is 8.61. The highest BCUT2D eigenvalue weighted by molar-refractivity contribution is 6.05. The Hall–Kier alpha value is -3.69. The van der Waals surface area contributed by atoms with Crippen LogP contribution in [-0.2, 0) is 4.74 Å². The number of halogens is 2. The molecule has 0 fully saturated rings. The van der Waals surface area contributed by atoms with Gasteiger partial charge in [0, 0.05) is 23.4 Å². The van der Waals surface area contributed by atoms with E-state index in [1.807, 2.05) is 10.9 Å². The van der Waals surface area contributed by atoms with E-state index >= 15 is 0 Å². The Morgan fingerprint density at radius 3 is 2.26 bits per heavy atom. The van der Waals surface area contributed by atoms with Crippen molar-refractivity contribution in [3.05, 3.63) is 59.2 Å². The molecule has 0 aliphatic carbocycles. The van der Waals surface area contributed by atoms with Crippen LogP contribution in [0.3, 0.4) is 0 Å². The molecule has 0 heterocycles. The molecule has 2 aromatic carbocycles. The van der Waals surface area contributed by atoms with Crippen molar-refractivity contribution in [2.24, 2.45) is 0 Å². The topological polar surface area (TPSA) is 117 Å². The zero-order valence-electron chi connectivity index (χ0n) is 14.0. The number of phenols is 1. The van der Waals surface area contributed by atoms with Gasteiger partial charge in [-0.05, 0) is 31.2 Å². The second-order valence-electron chi connectivity index (χ2n) is 5.14. The number of carbonyl (C=O) groups is 3.